The number of fused-ring (bicyclic) bond motifs is 1. The van der Waals surface area contributed by atoms with E-state index in [0.29, 0.717) is 6.07 Å². The van der Waals surface area contributed by atoms with E-state index in [0.717, 1.165) is 12.1 Å². The Bertz CT molecular complexity index is 939. The van der Waals surface area contributed by atoms with Crippen molar-refractivity contribution in [3.8, 4) is 11.6 Å². The maximum absolute atomic E-state index is 14.1. The molecule has 150 valence electrons. The molecule has 12 heteroatoms. The zero-order valence-corrected chi connectivity index (χ0v) is 13.9. The predicted molar refractivity (Wildman–Crippen MR) is 84.0 cm³/mol. The number of benzene rings is 1. The molecule has 3 rings (SSSR count). The second-order valence-electron chi connectivity index (χ2n) is 5.58. The van der Waals surface area contributed by atoms with Gasteiger partial charge in [0.15, 0.2) is 5.82 Å². The van der Waals surface area contributed by atoms with Crippen LogP contribution >= 0.6 is 0 Å². The molecular weight excluding hydrogens is 399 g/mol. The van der Waals surface area contributed by atoms with Gasteiger partial charge in [-0.1, -0.05) is 0 Å². The van der Waals surface area contributed by atoms with Crippen LogP contribution in [0.5, 0.6) is 11.6 Å². The molecule has 0 amide bonds. The molecule has 0 atom stereocenters. The van der Waals surface area contributed by atoms with Crippen LogP contribution in [0.2, 0.25) is 0 Å². The van der Waals surface area contributed by atoms with Gasteiger partial charge in [-0.05, 0) is 18.2 Å². The lowest BCUT2D eigenvalue weighted by Crippen LogP contribution is -2.22. The number of nitrogens with one attached hydrogen (secondary N) is 1. The van der Waals surface area contributed by atoms with Crippen molar-refractivity contribution in [1.82, 2.24) is 4.98 Å². The third-order valence-corrected chi connectivity index (χ3v) is 3.61. The highest BCUT2D eigenvalue weighted by Crippen LogP contribution is 2.38. The van der Waals surface area contributed by atoms with Gasteiger partial charge in [-0.15, -0.1) is 13.2 Å². The minimum absolute atomic E-state index is 0.0169. The van der Waals surface area contributed by atoms with Gasteiger partial charge in [0.25, 0.3) is 0 Å². The number of hydrogen-bond acceptors (Lipinski definition) is 5. The van der Waals surface area contributed by atoms with Gasteiger partial charge in [0.2, 0.25) is 5.88 Å². The molecule has 0 aliphatic carbocycles. The lowest BCUT2D eigenvalue weighted by atomic mass is 10.1. The molecule has 1 aliphatic heterocycles. The van der Waals surface area contributed by atoms with E-state index in [9.17, 15) is 30.7 Å². The number of alkyl halides is 6. The van der Waals surface area contributed by atoms with Crippen molar-refractivity contribution in [1.29, 1.82) is 0 Å². The molecule has 1 aromatic heterocycles. The zero-order chi connectivity index (χ0) is 20.7. The average molecular weight is 409 g/mol. The topological polar surface area (TPSA) is 55.7 Å². The first-order valence-corrected chi connectivity index (χ1v) is 7.51. The van der Waals surface area contributed by atoms with E-state index in [4.69, 9.17) is 4.74 Å². The van der Waals surface area contributed by atoms with E-state index >= 15 is 0 Å². The number of ether oxygens (including phenoxy) is 2. The molecule has 1 N–H and O–H groups in total. The minimum Gasteiger partial charge on any atom is -0.479 e. The molecule has 28 heavy (non-hydrogen) atoms. The summed E-state index contributed by atoms with van der Waals surface area (Å²) in [5.74, 6) is -2.19. The summed E-state index contributed by atoms with van der Waals surface area (Å²) in [5.41, 5.74) is -1.14. The number of methoxy groups -OCH3 is 1. The highest BCUT2D eigenvalue weighted by Gasteiger charge is 2.39. The highest BCUT2D eigenvalue weighted by molar-refractivity contribution is 5.97. The number of pyridine rings is 1. The molecule has 1 aliphatic rings. The monoisotopic (exact) mass is 409 g/mol. The van der Waals surface area contributed by atoms with Gasteiger partial charge in [-0.25, -0.2) is 9.38 Å². The van der Waals surface area contributed by atoms with Crippen molar-refractivity contribution in [2.24, 2.45) is 4.99 Å². The second kappa shape index (κ2) is 6.84. The maximum Gasteiger partial charge on any atom is 0.573 e. The normalized spacial score (nSPS) is 13.8. The Kier molecular flexibility index (Phi) is 4.81. The third kappa shape index (κ3) is 4.26. The lowest BCUT2D eigenvalue weighted by Gasteiger charge is -2.14. The summed E-state index contributed by atoms with van der Waals surface area (Å²) in [6, 6.07) is 3.61. The Morgan fingerprint density at radius 3 is 2.32 bits per heavy atom. The molecule has 2 aromatic rings. The molecule has 0 radical (unpaired) electrons. The number of halogens is 7. The van der Waals surface area contributed by atoms with Crippen LogP contribution in [0.3, 0.4) is 0 Å². The van der Waals surface area contributed by atoms with Crippen molar-refractivity contribution in [2.75, 3.05) is 12.4 Å². The maximum atomic E-state index is 14.1. The number of rotatable bonds is 4. The van der Waals surface area contributed by atoms with E-state index < -0.39 is 36.2 Å². The Labute approximate surface area is 152 Å². The van der Waals surface area contributed by atoms with Gasteiger partial charge in [0.1, 0.15) is 23.0 Å². The summed E-state index contributed by atoms with van der Waals surface area (Å²) < 4.78 is 97.7. The van der Waals surface area contributed by atoms with Crippen LogP contribution in [0.25, 0.3) is 0 Å². The van der Waals surface area contributed by atoms with Gasteiger partial charge in [0.05, 0.1) is 12.8 Å². The summed E-state index contributed by atoms with van der Waals surface area (Å²) in [7, 11) is 1.19. The van der Waals surface area contributed by atoms with Crippen LogP contribution in [0.1, 0.15) is 5.56 Å². The van der Waals surface area contributed by atoms with Crippen LogP contribution in [-0.4, -0.2) is 30.3 Å². The van der Waals surface area contributed by atoms with Crippen LogP contribution in [0.15, 0.2) is 29.3 Å². The van der Waals surface area contributed by atoms with E-state index in [1.54, 1.807) is 0 Å². The molecule has 0 saturated heterocycles. The summed E-state index contributed by atoms with van der Waals surface area (Å²) >= 11 is 0. The Hall–Kier alpha value is -3.05. The highest BCUT2D eigenvalue weighted by atomic mass is 19.4. The van der Waals surface area contributed by atoms with E-state index in [2.05, 4.69) is 20.0 Å². The van der Waals surface area contributed by atoms with Crippen molar-refractivity contribution in [2.45, 2.75) is 19.0 Å². The van der Waals surface area contributed by atoms with Crippen molar-refractivity contribution < 1.29 is 40.2 Å². The van der Waals surface area contributed by atoms with Crippen LogP contribution in [-0.2, 0) is 6.42 Å². The molecule has 0 bridgehead atoms. The molecule has 5 nitrogen and oxygen atoms in total. The fourth-order valence-electron chi connectivity index (χ4n) is 2.45. The first kappa shape index (κ1) is 19.7. The molecule has 2 heterocycles. The van der Waals surface area contributed by atoms with Crippen molar-refractivity contribution in [3.05, 3.63) is 35.6 Å². The minimum atomic E-state index is -4.98. The average Bonchev–Trinajstić information content (AvgIpc) is 2.98. The van der Waals surface area contributed by atoms with Crippen LogP contribution in [0, 0.1) is 5.82 Å². The Morgan fingerprint density at radius 2 is 1.75 bits per heavy atom. The standard InChI is InChI=1S/C16H10F7N3O2/c1-27-14-11(4-7-5-12(15(18,19)20)25-13(7)26-14)24-10-3-2-8(6-9(10)17)28-16(21,22)23/h2-4,6,24H,5H2,1H3. The number of hydrogen-bond donors (Lipinski definition) is 1. The van der Waals surface area contributed by atoms with E-state index in [1.807, 2.05) is 0 Å². The number of aliphatic imine (C=N–C) groups is 1. The van der Waals surface area contributed by atoms with Crippen LogP contribution < -0.4 is 14.8 Å². The molecule has 0 spiro atoms. The largest absolute Gasteiger partial charge is 0.573 e. The predicted octanol–water partition coefficient (Wildman–Crippen LogP) is 5.06. The first-order valence-electron chi connectivity index (χ1n) is 7.51. The second-order valence-corrected chi connectivity index (χ2v) is 5.58. The van der Waals surface area contributed by atoms with E-state index in [-0.39, 0.29) is 28.6 Å². The van der Waals surface area contributed by atoms with Gasteiger partial charge in [-0.2, -0.15) is 18.2 Å². The molecular formula is C16H10F7N3O2. The smallest absolute Gasteiger partial charge is 0.479 e. The molecule has 0 fully saturated rings. The van der Waals surface area contributed by atoms with Gasteiger partial charge in [0, 0.05) is 18.1 Å². The third-order valence-electron chi connectivity index (χ3n) is 3.61. The summed E-state index contributed by atoms with van der Waals surface area (Å²) in [5, 5.41) is 2.53. The summed E-state index contributed by atoms with van der Waals surface area (Å²) in [6.45, 7) is 0. The SMILES string of the molecule is COc1nc2c(cc1Nc1ccc(OC(F)(F)F)cc1F)CC(C(F)(F)F)=N2. The Morgan fingerprint density at radius 1 is 1.04 bits per heavy atom. The zero-order valence-electron chi connectivity index (χ0n) is 13.9. The summed E-state index contributed by atoms with van der Waals surface area (Å²) in [6.07, 6.45) is -10.1. The number of aromatic nitrogens is 1. The number of nitrogens with zero attached hydrogens (tertiary/aromatic N) is 2. The van der Waals surface area contributed by atoms with Crippen molar-refractivity contribution in [3.63, 3.8) is 0 Å². The molecule has 0 saturated carbocycles. The van der Waals surface area contributed by atoms with E-state index in [1.165, 1.54) is 13.2 Å². The molecule has 0 unspecified atom stereocenters. The first-order chi connectivity index (χ1) is 13.0. The fourth-order valence-corrected chi connectivity index (χ4v) is 2.45. The molecule has 1 aromatic carbocycles. The Balaban J connectivity index is 1.87. The fraction of sp³-hybridized carbons (Fsp3) is 0.250. The van der Waals surface area contributed by atoms with Gasteiger partial charge < -0.3 is 14.8 Å². The summed E-state index contributed by atoms with van der Waals surface area (Å²) in [4.78, 5) is 7.28. The van der Waals surface area contributed by atoms with Gasteiger partial charge >= 0.3 is 12.5 Å². The van der Waals surface area contributed by atoms with Crippen LogP contribution in [0.4, 0.5) is 47.9 Å². The number of anilines is 2. The van der Waals surface area contributed by atoms with Gasteiger partial charge in [-0.3, -0.25) is 0 Å². The quantitative estimate of drug-likeness (QED) is 0.718. The lowest BCUT2D eigenvalue weighted by molar-refractivity contribution is -0.274. The van der Waals surface area contributed by atoms with Crippen molar-refractivity contribution >= 4 is 22.9 Å².